The summed E-state index contributed by atoms with van der Waals surface area (Å²) in [5.41, 5.74) is 6.38. The Balaban J connectivity index is 2.24. The van der Waals surface area contributed by atoms with Crippen LogP contribution >= 0.6 is 0 Å². The number of rotatable bonds is 1. The zero-order valence-electron chi connectivity index (χ0n) is 6.66. The molecule has 1 unspecified atom stereocenters. The first-order valence-corrected chi connectivity index (χ1v) is 3.93. The van der Waals surface area contributed by atoms with Gasteiger partial charge in [-0.2, -0.15) is 0 Å². The number of carbonyl (C=O) groups excluding carboxylic acids is 1. The molecule has 4 heteroatoms. The average Bonchev–Trinajstić information content (AvgIpc) is 2.49. The van der Waals surface area contributed by atoms with Gasteiger partial charge in [0.15, 0.2) is 0 Å². The molecule has 4 nitrogen and oxygen atoms in total. The molecule has 1 amide bonds. The van der Waals surface area contributed by atoms with E-state index in [1.165, 1.54) is 0 Å². The molecule has 2 rings (SSSR count). The minimum Gasteiger partial charge on any atom is -0.368 e. The van der Waals surface area contributed by atoms with E-state index in [9.17, 15) is 4.79 Å². The smallest absolute Gasteiger partial charge is 0.244 e. The molecule has 1 fully saturated rings. The Kier molecular flexibility index (Phi) is 1.62. The largest absolute Gasteiger partial charge is 0.368 e. The molecular formula is C8H11N3O. The number of allylic oxidation sites excluding steroid dienone is 2. The van der Waals surface area contributed by atoms with Crippen molar-refractivity contribution in [1.29, 1.82) is 0 Å². The number of nitrogens with one attached hydrogen (secondary N) is 1. The molecule has 1 saturated heterocycles. The Morgan fingerprint density at radius 2 is 2.58 bits per heavy atom. The van der Waals surface area contributed by atoms with E-state index in [0.29, 0.717) is 6.67 Å². The molecule has 0 radical (unpaired) electrons. The molecule has 0 aromatic carbocycles. The van der Waals surface area contributed by atoms with Crippen molar-refractivity contribution >= 4 is 5.91 Å². The highest BCUT2D eigenvalue weighted by Gasteiger charge is 2.28. The molecule has 3 N–H and O–H groups in total. The van der Waals surface area contributed by atoms with Crippen molar-refractivity contribution in [3.63, 3.8) is 0 Å². The van der Waals surface area contributed by atoms with E-state index in [-0.39, 0.29) is 11.9 Å². The topological polar surface area (TPSA) is 58.4 Å². The van der Waals surface area contributed by atoms with Gasteiger partial charge in [-0.1, -0.05) is 12.2 Å². The summed E-state index contributed by atoms with van der Waals surface area (Å²) < 4.78 is 0. The van der Waals surface area contributed by atoms with Crippen molar-refractivity contribution in [2.24, 2.45) is 5.73 Å². The maximum absolute atomic E-state index is 11.0. The van der Waals surface area contributed by atoms with E-state index < -0.39 is 0 Å². The zero-order valence-corrected chi connectivity index (χ0v) is 6.66. The van der Waals surface area contributed by atoms with Gasteiger partial charge in [-0.05, 0) is 6.08 Å². The third-order valence-corrected chi connectivity index (χ3v) is 2.17. The van der Waals surface area contributed by atoms with Crippen molar-refractivity contribution in [2.45, 2.75) is 6.04 Å². The maximum atomic E-state index is 11.0. The molecule has 0 spiro atoms. The molecule has 0 bridgehead atoms. The van der Waals surface area contributed by atoms with Crippen LogP contribution in [0, 0.1) is 0 Å². The monoisotopic (exact) mass is 165 g/mol. The van der Waals surface area contributed by atoms with E-state index in [1.54, 1.807) is 0 Å². The highest BCUT2D eigenvalue weighted by Crippen LogP contribution is 2.17. The van der Waals surface area contributed by atoms with Gasteiger partial charge < -0.3 is 10.6 Å². The molecule has 12 heavy (non-hydrogen) atoms. The van der Waals surface area contributed by atoms with Gasteiger partial charge in [0.25, 0.3) is 0 Å². The highest BCUT2D eigenvalue weighted by molar-refractivity contribution is 5.82. The number of fused-ring (bicyclic) bond motifs is 1. The summed E-state index contributed by atoms with van der Waals surface area (Å²) >= 11 is 0. The van der Waals surface area contributed by atoms with Gasteiger partial charge in [-0.25, -0.2) is 0 Å². The third-order valence-electron chi connectivity index (χ3n) is 2.17. The van der Waals surface area contributed by atoms with Crippen molar-refractivity contribution in [3.05, 3.63) is 23.9 Å². The lowest BCUT2D eigenvalue weighted by atomic mass is 10.1. The SMILES string of the molecule is NC(=O)C1C=CC=C2CNCN21. The summed E-state index contributed by atoms with van der Waals surface area (Å²) in [5, 5.41) is 3.16. The lowest BCUT2D eigenvalue weighted by Crippen LogP contribution is -2.42. The Morgan fingerprint density at radius 3 is 3.33 bits per heavy atom. The standard InChI is InChI=1S/C8H11N3O/c9-8(12)7-3-1-2-6-4-10-5-11(6)7/h1-3,7,10H,4-5H2,(H2,9,12). The minimum absolute atomic E-state index is 0.264. The van der Waals surface area contributed by atoms with Gasteiger partial charge in [-0.15, -0.1) is 0 Å². The first-order chi connectivity index (χ1) is 5.79. The van der Waals surface area contributed by atoms with Gasteiger partial charge in [0, 0.05) is 12.2 Å². The van der Waals surface area contributed by atoms with Gasteiger partial charge in [0.2, 0.25) is 5.91 Å². The number of carbonyl (C=O) groups is 1. The molecule has 0 aliphatic carbocycles. The van der Waals surface area contributed by atoms with E-state index in [1.807, 2.05) is 23.1 Å². The van der Waals surface area contributed by atoms with Crippen molar-refractivity contribution < 1.29 is 4.79 Å². The molecule has 2 aliphatic rings. The van der Waals surface area contributed by atoms with Crippen molar-refractivity contribution in [2.75, 3.05) is 13.2 Å². The first kappa shape index (κ1) is 7.36. The van der Waals surface area contributed by atoms with Crippen LogP contribution < -0.4 is 11.1 Å². The number of primary amides is 1. The molecule has 2 aliphatic heterocycles. The zero-order chi connectivity index (χ0) is 8.55. The minimum atomic E-state index is -0.291. The van der Waals surface area contributed by atoms with Crippen LogP contribution in [0.4, 0.5) is 0 Å². The van der Waals surface area contributed by atoms with Crippen LogP contribution in [-0.4, -0.2) is 30.1 Å². The van der Waals surface area contributed by atoms with Crippen LogP contribution in [0.5, 0.6) is 0 Å². The second-order valence-electron chi connectivity index (χ2n) is 2.94. The van der Waals surface area contributed by atoms with Gasteiger partial charge in [-0.3, -0.25) is 10.1 Å². The molecular weight excluding hydrogens is 154 g/mol. The van der Waals surface area contributed by atoms with E-state index in [2.05, 4.69) is 5.32 Å². The number of nitrogens with two attached hydrogens (primary N) is 1. The van der Waals surface area contributed by atoms with E-state index >= 15 is 0 Å². The molecule has 2 heterocycles. The molecule has 0 aromatic heterocycles. The fourth-order valence-electron chi connectivity index (χ4n) is 1.56. The predicted octanol–water partition coefficient (Wildman–Crippen LogP) is -0.843. The van der Waals surface area contributed by atoms with Gasteiger partial charge in [0.1, 0.15) is 6.04 Å². The summed E-state index contributed by atoms with van der Waals surface area (Å²) in [6, 6.07) is -0.264. The second-order valence-corrected chi connectivity index (χ2v) is 2.94. The number of nitrogens with zero attached hydrogens (tertiary/aromatic N) is 1. The average molecular weight is 165 g/mol. The summed E-state index contributed by atoms with van der Waals surface area (Å²) in [6.07, 6.45) is 5.70. The molecule has 1 atom stereocenters. The fourth-order valence-corrected chi connectivity index (χ4v) is 1.56. The van der Waals surface area contributed by atoms with Gasteiger partial charge >= 0.3 is 0 Å². The lowest BCUT2D eigenvalue weighted by Gasteiger charge is -2.27. The molecule has 0 aromatic rings. The van der Waals surface area contributed by atoms with E-state index in [4.69, 9.17) is 5.73 Å². The van der Waals surface area contributed by atoms with Crippen LogP contribution in [0.1, 0.15) is 0 Å². The maximum Gasteiger partial charge on any atom is 0.244 e. The lowest BCUT2D eigenvalue weighted by molar-refractivity contribution is -0.121. The van der Waals surface area contributed by atoms with Crippen LogP contribution in [-0.2, 0) is 4.79 Å². The predicted molar refractivity (Wildman–Crippen MR) is 44.9 cm³/mol. The van der Waals surface area contributed by atoms with E-state index in [0.717, 1.165) is 12.2 Å². The van der Waals surface area contributed by atoms with Crippen molar-refractivity contribution in [3.8, 4) is 0 Å². The number of amides is 1. The van der Waals surface area contributed by atoms with Crippen LogP contribution in [0.2, 0.25) is 0 Å². The first-order valence-electron chi connectivity index (χ1n) is 3.93. The highest BCUT2D eigenvalue weighted by atomic mass is 16.1. The molecule has 0 saturated carbocycles. The number of hydrogen-bond donors (Lipinski definition) is 2. The van der Waals surface area contributed by atoms with Crippen molar-refractivity contribution in [1.82, 2.24) is 10.2 Å². The second kappa shape index (κ2) is 2.64. The summed E-state index contributed by atoms with van der Waals surface area (Å²) in [7, 11) is 0. The summed E-state index contributed by atoms with van der Waals surface area (Å²) in [4.78, 5) is 12.9. The summed E-state index contributed by atoms with van der Waals surface area (Å²) in [6.45, 7) is 1.54. The Morgan fingerprint density at radius 1 is 1.75 bits per heavy atom. The Labute approximate surface area is 70.7 Å². The Hall–Kier alpha value is -1.29. The Bertz CT molecular complexity index is 269. The van der Waals surface area contributed by atoms with Crippen LogP contribution in [0.15, 0.2) is 23.9 Å². The number of hydrogen-bond acceptors (Lipinski definition) is 3. The van der Waals surface area contributed by atoms with Crippen LogP contribution in [0.25, 0.3) is 0 Å². The fraction of sp³-hybridized carbons (Fsp3) is 0.375. The van der Waals surface area contributed by atoms with Crippen LogP contribution in [0.3, 0.4) is 0 Å². The molecule has 64 valence electrons. The summed E-state index contributed by atoms with van der Waals surface area (Å²) in [5.74, 6) is -0.291. The van der Waals surface area contributed by atoms with Gasteiger partial charge in [0.05, 0.1) is 6.67 Å². The normalized spacial score (nSPS) is 26.8. The third kappa shape index (κ3) is 1.00. The quantitative estimate of drug-likeness (QED) is 0.532.